The standard InChI is InChI=1S/C27H31ClN2O3/c1-17-6-9-23-19(12-17)13-24(33-23)25(31)30(22-7-8-22)11-10-29-26(32)27(15-18(2)16-27)20-4-3-5-21(28)14-20/h3-6,9,12,14,18,22,24H,7-8,10-11,13,15-16H2,1-2H3,(H,29,32). The van der Waals surface area contributed by atoms with Crippen LogP contribution in [-0.2, 0) is 21.4 Å². The molecule has 1 unspecified atom stereocenters. The molecule has 6 heteroatoms. The van der Waals surface area contributed by atoms with Crippen molar-refractivity contribution in [3.63, 3.8) is 0 Å². The van der Waals surface area contributed by atoms with E-state index in [1.54, 1.807) is 0 Å². The summed E-state index contributed by atoms with van der Waals surface area (Å²) in [6.07, 6.45) is 3.81. The van der Waals surface area contributed by atoms with Crippen molar-refractivity contribution in [3.05, 3.63) is 64.2 Å². The second-order valence-corrected chi connectivity index (χ2v) is 10.5. The molecule has 0 radical (unpaired) electrons. The van der Waals surface area contributed by atoms with E-state index in [0.29, 0.717) is 30.5 Å². The summed E-state index contributed by atoms with van der Waals surface area (Å²) >= 11 is 6.21. The molecule has 3 aliphatic rings. The minimum Gasteiger partial charge on any atom is -0.480 e. The number of rotatable bonds is 7. The van der Waals surface area contributed by atoms with Crippen molar-refractivity contribution in [1.29, 1.82) is 0 Å². The van der Waals surface area contributed by atoms with Gasteiger partial charge in [0.05, 0.1) is 5.41 Å². The number of ether oxygens (including phenoxy) is 1. The number of halogens is 1. The van der Waals surface area contributed by atoms with Crippen LogP contribution in [0.25, 0.3) is 0 Å². The third kappa shape index (κ3) is 4.35. The van der Waals surface area contributed by atoms with Crippen molar-refractivity contribution in [2.75, 3.05) is 13.1 Å². The third-order valence-corrected chi connectivity index (χ3v) is 7.52. The van der Waals surface area contributed by atoms with Crippen LogP contribution in [0.1, 0.15) is 49.3 Å². The summed E-state index contributed by atoms with van der Waals surface area (Å²) < 4.78 is 5.98. The first-order valence-electron chi connectivity index (χ1n) is 12.0. The van der Waals surface area contributed by atoms with Gasteiger partial charge in [-0.05, 0) is 67.9 Å². The molecule has 2 saturated carbocycles. The molecule has 2 aliphatic carbocycles. The van der Waals surface area contributed by atoms with Gasteiger partial charge >= 0.3 is 0 Å². The van der Waals surface area contributed by atoms with E-state index in [1.165, 1.54) is 5.56 Å². The molecular weight excluding hydrogens is 436 g/mol. The van der Waals surface area contributed by atoms with Gasteiger partial charge in [0.15, 0.2) is 6.10 Å². The number of nitrogens with zero attached hydrogens (tertiary/aromatic N) is 1. The maximum Gasteiger partial charge on any atom is 0.264 e. The quantitative estimate of drug-likeness (QED) is 0.656. The second kappa shape index (κ2) is 8.68. The Hall–Kier alpha value is -2.53. The summed E-state index contributed by atoms with van der Waals surface area (Å²) in [7, 11) is 0. The fourth-order valence-electron chi connectivity index (χ4n) is 5.49. The predicted molar refractivity (Wildman–Crippen MR) is 129 cm³/mol. The molecular formula is C27H31ClN2O3. The molecule has 33 heavy (non-hydrogen) atoms. The van der Waals surface area contributed by atoms with Gasteiger partial charge in [-0.25, -0.2) is 0 Å². The van der Waals surface area contributed by atoms with Gasteiger partial charge in [-0.3, -0.25) is 9.59 Å². The van der Waals surface area contributed by atoms with Crippen LogP contribution in [0.15, 0.2) is 42.5 Å². The number of hydrogen-bond donors (Lipinski definition) is 1. The van der Waals surface area contributed by atoms with Gasteiger partial charge in [0.25, 0.3) is 5.91 Å². The van der Waals surface area contributed by atoms with Crippen LogP contribution in [0.3, 0.4) is 0 Å². The molecule has 5 rings (SSSR count). The van der Waals surface area contributed by atoms with Crippen molar-refractivity contribution in [2.45, 2.75) is 63.5 Å². The lowest BCUT2D eigenvalue weighted by molar-refractivity contribution is -0.139. The molecule has 174 valence electrons. The van der Waals surface area contributed by atoms with E-state index in [2.05, 4.69) is 18.3 Å². The first-order chi connectivity index (χ1) is 15.9. The SMILES string of the molecule is Cc1ccc2c(c1)CC(C(=O)N(CCNC(=O)C1(c3cccc(Cl)c3)CC(C)C1)C1CC1)O2. The van der Waals surface area contributed by atoms with E-state index in [9.17, 15) is 9.59 Å². The van der Waals surface area contributed by atoms with Gasteiger partial charge in [0.2, 0.25) is 5.91 Å². The molecule has 1 aliphatic heterocycles. The van der Waals surface area contributed by atoms with E-state index in [0.717, 1.165) is 42.6 Å². The summed E-state index contributed by atoms with van der Waals surface area (Å²) in [5, 5.41) is 3.78. The lowest BCUT2D eigenvalue weighted by Gasteiger charge is -2.45. The lowest BCUT2D eigenvalue weighted by Crippen LogP contribution is -2.54. The number of nitrogens with one attached hydrogen (secondary N) is 1. The minimum absolute atomic E-state index is 0.0300. The molecule has 2 fully saturated rings. The molecule has 0 saturated heterocycles. The van der Waals surface area contributed by atoms with Crippen molar-refractivity contribution in [1.82, 2.24) is 10.2 Å². The zero-order chi connectivity index (χ0) is 23.2. The number of aryl methyl sites for hydroxylation is 1. The maximum atomic E-state index is 13.3. The predicted octanol–water partition coefficient (Wildman–Crippen LogP) is 4.43. The van der Waals surface area contributed by atoms with Gasteiger partial charge in [0.1, 0.15) is 5.75 Å². The fraction of sp³-hybridized carbons (Fsp3) is 0.481. The second-order valence-electron chi connectivity index (χ2n) is 10.0. The highest BCUT2D eigenvalue weighted by atomic mass is 35.5. The van der Waals surface area contributed by atoms with E-state index in [1.807, 2.05) is 48.2 Å². The van der Waals surface area contributed by atoms with E-state index < -0.39 is 11.5 Å². The normalized spacial score (nSPS) is 25.5. The molecule has 0 bridgehead atoms. The van der Waals surface area contributed by atoms with Crippen molar-refractivity contribution < 1.29 is 14.3 Å². The molecule has 1 heterocycles. The minimum atomic E-state index is -0.521. The average molecular weight is 467 g/mol. The Balaban J connectivity index is 1.22. The summed E-state index contributed by atoms with van der Waals surface area (Å²) in [6.45, 7) is 5.17. The fourth-order valence-corrected chi connectivity index (χ4v) is 5.68. The van der Waals surface area contributed by atoms with Crippen LogP contribution in [0, 0.1) is 12.8 Å². The summed E-state index contributed by atoms with van der Waals surface area (Å²) in [5.74, 6) is 1.38. The Morgan fingerprint density at radius 2 is 1.97 bits per heavy atom. The summed E-state index contributed by atoms with van der Waals surface area (Å²) in [5.41, 5.74) is 2.73. The zero-order valence-corrected chi connectivity index (χ0v) is 20.0. The molecule has 2 amide bonds. The Morgan fingerprint density at radius 3 is 2.67 bits per heavy atom. The Labute approximate surface area is 200 Å². The van der Waals surface area contributed by atoms with Crippen LogP contribution in [0.5, 0.6) is 5.75 Å². The molecule has 1 N–H and O–H groups in total. The van der Waals surface area contributed by atoms with E-state index >= 15 is 0 Å². The van der Waals surface area contributed by atoms with Gasteiger partial charge in [0, 0.05) is 30.6 Å². The van der Waals surface area contributed by atoms with Crippen LogP contribution in [-0.4, -0.2) is 41.9 Å². The van der Waals surface area contributed by atoms with E-state index in [4.69, 9.17) is 16.3 Å². The third-order valence-electron chi connectivity index (χ3n) is 7.28. The van der Waals surface area contributed by atoms with Crippen LogP contribution < -0.4 is 10.1 Å². The number of carbonyl (C=O) groups is 2. The topological polar surface area (TPSA) is 58.6 Å². The highest BCUT2D eigenvalue weighted by Crippen LogP contribution is 2.48. The first kappa shape index (κ1) is 22.3. The number of benzene rings is 2. The van der Waals surface area contributed by atoms with Crippen molar-refractivity contribution in [2.24, 2.45) is 5.92 Å². The first-order valence-corrected chi connectivity index (χ1v) is 12.3. The van der Waals surface area contributed by atoms with Crippen LogP contribution in [0.4, 0.5) is 0 Å². The van der Waals surface area contributed by atoms with Crippen molar-refractivity contribution in [3.8, 4) is 5.75 Å². The number of hydrogen-bond acceptors (Lipinski definition) is 3. The lowest BCUT2D eigenvalue weighted by atomic mass is 9.58. The Bertz CT molecular complexity index is 1070. The highest BCUT2D eigenvalue weighted by molar-refractivity contribution is 6.30. The number of carbonyl (C=O) groups excluding carboxylic acids is 2. The molecule has 5 nitrogen and oxygen atoms in total. The summed E-state index contributed by atoms with van der Waals surface area (Å²) in [4.78, 5) is 28.5. The maximum absolute atomic E-state index is 13.3. The molecule has 2 aromatic rings. The smallest absolute Gasteiger partial charge is 0.264 e. The van der Waals surface area contributed by atoms with Gasteiger partial charge in [-0.1, -0.05) is 48.4 Å². The monoisotopic (exact) mass is 466 g/mol. The van der Waals surface area contributed by atoms with Crippen LogP contribution in [0.2, 0.25) is 5.02 Å². The van der Waals surface area contributed by atoms with Crippen LogP contribution >= 0.6 is 11.6 Å². The zero-order valence-electron chi connectivity index (χ0n) is 19.3. The highest BCUT2D eigenvalue weighted by Gasteiger charge is 2.49. The van der Waals surface area contributed by atoms with Gasteiger partial charge in [-0.2, -0.15) is 0 Å². The number of fused-ring (bicyclic) bond motifs is 1. The molecule has 2 aromatic carbocycles. The van der Waals surface area contributed by atoms with E-state index in [-0.39, 0.29) is 17.9 Å². The molecule has 0 aromatic heterocycles. The van der Waals surface area contributed by atoms with Gasteiger partial charge in [-0.15, -0.1) is 0 Å². The number of amides is 2. The Kier molecular flexibility index (Phi) is 5.86. The largest absolute Gasteiger partial charge is 0.480 e. The van der Waals surface area contributed by atoms with Gasteiger partial charge < -0.3 is 15.0 Å². The molecule has 0 spiro atoms. The molecule has 1 atom stereocenters. The summed E-state index contributed by atoms with van der Waals surface area (Å²) in [6, 6.07) is 14.0. The average Bonchev–Trinajstić information content (AvgIpc) is 3.52. The van der Waals surface area contributed by atoms with Crippen molar-refractivity contribution >= 4 is 23.4 Å². The Morgan fingerprint density at radius 1 is 1.18 bits per heavy atom.